The van der Waals surface area contributed by atoms with Crippen molar-refractivity contribution in [2.45, 2.75) is 134 Å². The average molecular weight is 670 g/mol. The molecule has 5 N–H and O–H groups in total. The van der Waals surface area contributed by atoms with E-state index in [0.29, 0.717) is 37.5 Å². The first kappa shape index (κ1) is 35.6. The third-order valence-corrected chi connectivity index (χ3v) is 12.2. The predicted octanol–water partition coefficient (Wildman–Crippen LogP) is 7.87. The zero-order chi connectivity index (χ0) is 34.3. The number of allylic oxidation sites excluding steroid dienone is 4. The molecule has 5 aliphatic carbocycles. The van der Waals surface area contributed by atoms with Crippen molar-refractivity contribution in [2.75, 3.05) is 13.7 Å². The Kier molecular flexibility index (Phi) is 12.1. The highest BCUT2D eigenvalue weighted by molar-refractivity contribution is 5.89. The number of fused-ring (bicyclic) bond motifs is 6. The number of aryl methyl sites for hydroxylation is 1. The first-order valence-electron chi connectivity index (χ1n) is 19.3. The Bertz CT molecular complexity index is 1470. The molecule has 1 aromatic carbocycles. The largest absolute Gasteiger partial charge is 0.504 e. The van der Waals surface area contributed by atoms with Crippen molar-refractivity contribution in [1.29, 1.82) is 0 Å². The van der Waals surface area contributed by atoms with E-state index < -0.39 is 0 Å². The monoisotopic (exact) mass is 669 g/mol. The molecule has 0 saturated heterocycles. The summed E-state index contributed by atoms with van der Waals surface area (Å²) in [5.74, 6) is 9.89. The highest BCUT2D eigenvalue weighted by Gasteiger charge is 2.46. The molecule has 0 amide bonds. The molecular weight excluding hydrogens is 610 g/mol. The summed E-state index contributed by atoms with van der Waals surface area (Å²) in [7, 11) is 1.77. The minimum atomic E-state index is -0.141. The standard InChI is InChI=1S/C42H59N3O4/c1-27-18-19-29-23-31-24-32(45-42(43)44)13-9-17-35-30(20-21-33(46)14-6-5-12-28-10-3-4-11-28)25-38(49-34-15-7-8-16-34)41(47)40(35)39(36(29)22-27)37(31)26-48-2/h6,14,23,25,27-28,31-32,34,36-37,39,47H,3-5,7-8,10-13,15-16,18-22,24,26H2,1-2H3,(H4,43,44,45)/t27-,31-,32-,36+,37+,39-/m0/s1. The maximum absolute atomic E-state index is 13.2. The van der Waals surface area contributed by atoms with Gasteiger partial charge in [-0.15, -0.1) is 0 Å². The number of aliphatic imine (C=N–C) groups is 1. The van der Waals surface area contributed by atoms with Gasteiger partial charge in [-0.1, -0.05) is 62.2 Å². The molecule has 0 radical (unpaired) electrons. The maximum Gasteiger partial charge on any atom is 0.186 e. The molecule has 6 atom stereocenters. The molecule has 6 rings (SSSR count). The van der Waals surface area contributed by atoms with Crippen LogP contribution in [0.4, 0.5) is 0 Å². The smallest absolute Gasteiger partial charge is 0.186 e. The molecule has 0 unspecified atom stereocenters. The van der Waals surface area contributed by atoms with Crippen LogP contribution >= 0.6 is 0 Å². The molecular formula is C42H59N3O4. The molecule has 0 heterocycles. The fraction of sp³-hybridized carbons (Fsp3) is 0.667. The number of phenolic OH excluding ortho intramolecular Hbond substituents is 1. The van der Waals surface area contributed by atoms with Gasteiger partial charge in [0, 0.05) is 37.0 Å². The number of guanidine groups is 1. The molecule has 5 aliphatic rings. The summed E-state index contributed by atoms with van der Waals surface area (Å²) in [4.78, 5) is 17.9. The van der Waals surface area contributed by atoms with Gasteiger partial charge in [0.25, 0.3) is 0 Å². The molecule has 3 saturated carbocycles. The number of benzene rings is 1. The number of carbonyl (C=O) groups excluding carboxylic acids is 1. The van der Waals surface area contributed by atoms with E-state index in [1.165, 1.54) is 44.1 Å². The lowest BCUT2D eigenvalue weighted by Crippen LogP contribution is -2.39. The summed E-state index contributed by atoms with van der Waals surface area (Å²) >= 11 is 0. The number of nitrogens with zero attached hydrogens (tertiary/aromatic N) is 1. The Morgan fingerprint density at radius 2 is 1.88 bits per heavy atom. The first-order valence-corrected chi connectivity index (χ1v) is 19.3. The summed E-state index contributed by atoms with van der Waals surface area (Å²) < 4.78 is 12.6. The number of carbonyl (C=O) groups is 1. The number of ketones is 1. The summed E-state index contributed by atoms with van der Waals surface area (Å²) in [6.07, 6.45) is 23.7. The van der Waals surface area contributed by atoms with Crippen molar-refractivity contribution >= 4 is 11.7 Å². The van der Waals surface area contributed by atoms with E-state index >= 15 is 0 Å². The molecule has 7 nitrogen and oxygen atoms in total. The lowest BCUT2D eigenvalue weighted by atomic mass is 9.58. The fourth-order valence-electron chi connectivity index (χ4n) is 9.75. The quantitative estimate of drug-likeness (QED) is 0.0685. The third kappa shape index (κ3) is 8.74. The Morgan fingerprint density at radius 3 is 2.63 bits per heavy atom. The molecule has 2 bridgehead atoms. The minimum Gasteiger partial charge on any atom is -0.504 e. The molecule has 1 aromatic rings. The van der Waals surface area contributed by atoms with Crippen molar-refractivity contribution in [3.63, 3.8) is 0 Å². The average Bonchev–Trinajstić information content (AvgIpc) is 3.79. The second-order valence-corrected chi connectivity index (χ2v) is 15.8. The molecule has 49 heavy (non-hydrogen) atoms. The number of methoxy groups -OCH3 is 1. The summed E-state index contributed by atoms with van der Waals surface area (Å²) in [5.41, 5.74) is 16.1. The zero-order valence-electron chi connectivity index (χ0n) is 29.9. The lowest BCUT2D eigenvalue weighted by Gasteiger charge is -2.47. The maximum atomic E-state index is 13.2. The van der Waals surface area contributed by atoms with Crippen molar-refractivity contribution in [3.05, 3.63) is 46.6 Å². The van der Waals surface area contributed by atoms with E-state index in [9.17, 15) is 9.90 Å². The zero-order valence-corrected chi connectivity index (χ0v) is 29.9. The summed E-state index contributed by atoms with van der Waals surface area (Å²) in [6, 6.07) is 1.85. The van der Waals surface area contributed by atoms with Crippen molar-refractivity contribution in [2.24, 2.45) is 46.0 Å². The fourth-order valence-corrected chi connectivity index (χ4v) is 9.75. The normalized spacial score (nSPS) is 28.7. The van der Waals surface area contributed by atoms with Crippen LogP contribution < -0.4 is 16.2 Å². The van der Waals surface area contributed by atoms with E-state index in [1.807, 2.05) is 6.07 Å². The number of rotatable bonds is 12. The van der Waals surface area contributed by atoms with Gasteiger partial charge in [0.15, 0.2) is 23.2 Å². The highest BCUT2D eigenvalue weighted by Crippen LogP contribution is 2.56. The minimum absolute atomic E-state index is 0.00739. The molecule has 0 aliphatic heterocycles. The van der Waals surface area contributed by atoms with Gasteiger partial charge in [-0.05, 0) is 118 Å². The van der Waals surface area contributed by atoms with Gasteiger partial charge >= 0.3 is 0 Å². The van der Waals surface area contributed by atoms with Gasteiger partial charge in [-0.3, -0.25) is 4.79 Å². The third-order valence-electron chi connectivity index (χ3n) is 12.2. The lowest BCUT2D eigenvalue weighted by molar-refractivity contribution is -0.114. The molecule has 3 fully saturated rings. The Balaban J connectivity index is 1.42. The second-order valence-electron chi connectivity index (χ2n) is 15.8. The van der Waals surface area contributed by atoms with Gasteiger partial charge in [0.05, 0.1) is 18.8 Å². The number of hydrogen-bond acceptors (Lipinski definition) is 5. The number of hydrogen-bond donors (Lipinski definition) is 3. The van der Waals surface area contributed by atoms with E-state index in [2.05, 4.69) is 35.9 Å². The van der Waals surface area contributed by atoms with E-state index in [0.717, 1.165) is 74.0 Å². The number of ether oxygens (including phenoxy) is 2. The van der Waals surface area contributed by atoms with Gasteiger partial charge in [0.2, 0.25) is 0 Å². The van der Waals surface area contributed by atoms with Crippen molar-refractivity contribution in [3.8, 4) is 23.3 Å². The first-order chi connectivity index (χ1) is 23.8. The van der Waals surface area contributed by atoms with Crippen LogP contribution in [0, 0.1) is 41.4 Å². The van der Waals surface area contributed by atoms with Crippen LogP contribution in [0.3, 0.4) is 0 Å². The van der Waals surface area contributed by atoms with Crippen LogP contribution in [0.15, 0.2) is 34.9 Å². The van der Waals surface area contributed by atoms with E-state index in [4.69, 9.17) is 20.9 Å². The molecule has 0 spiro atoms. The van der Waals surface area contributed by atoms with Gasteiger partial charge in [-0.25, -0.2) is 4.99 Å². The summed E-state index contributed by atoms with van der Waals surface area (Å²) in [5, 5.41) is 12.3. The Labute approximate surface area is 294 Å². The van der Waals surface area contributed by atoms with Crippen molar-refractivity contribution < 1.29 is 19.4 Å². The van der Waals surface area contributed by atoms with Gasteiger partial charge in [0.1, 0.15) is 0 Å². The predicted molar refractivity (Wildman–Crippen MR) is 197 cm³/mol. The number of aromatic hydroxyl groups is 1. The molecule has 266 valence electrons. The summed E-state index contributed by atoms with van der Waals surface area (Å²) in [6.45, 7) is 2.90. The van der Waals surface area contributed by atoms with Crippen LogP contribution in [0.25, 0.3) is 0 Å². The molecule has 0 aromatic heterocycles. The van der Waals surface area contributed by atoms with Crippen LogP contribution in [-0.2, 0) is 16.0 Å². The van der Waals surface area contributed by atoms with Crippen LogP contribution in [-0.4, -0.2) is 42.7 Å². The van der Waals surface area contributed by atoms with E-state index in [-0.39, 0.29) is 53.3 Å². The highest BCUT2D eigenvalue weighted by atomic mass is 16.5. The van der Waals surface area contributed by atoms with Crippen LogP contribution in [0.2, 0.25) is 0 Å². The Hall–Kier alpha value is -3.24. The number of phenols is 1. The molecule has 7 heteroatoms. The van der Waals surface area contributed by atoms with E-state index in [1.54, 1.807) is 13.2 Å². The van der Waals surface area contributed by atoms with Gasteiger partial charge < -0.3 is 26.0 Å². The van der Waals surface area contributed by atoms with Crippen molar-refractivity contribution in [1.82, 2.24) is 0 Å². The van der Waals surface area contributed by atoms with Gasteiger partial charge in [-0.2, -0.15) is 0 Å². The number of nitrogens with two attached hydrogens (primary N) is 2. The SMILES string of the molecule is COC[C@H]1[C@H]2c3c(O)c(OC4CCCC4)cc(CCC(=O)C=CCCC4CCCC4)c3C#CC[C@H](N=C(N)N)C[C@@H]1C=C1CC[C@H](C)C[C@H]12. The Morgan fingerprint density at radius 1 is 1.10 bits per heavy atom. The van der Waals surface area contributed by atoms with Crippen LogP contribution in [0.1, 0.15) is 132 Å². The topological polar surface area (TPSA) is 120 Å². The second kappa shape index (κ2) is 16.6. The van der Waals surface area contributed by atoms with Crippen LogP contribution in [0.5, 0.6) is 11.5 Å².